The van der Waals surface area contributed by atoms with E-state index >= 15 is 0 Å². The minimum absolute atomic E-state index is 0.564. The topological polar surface area (TPSA) is 60.6 Å². The third kappa shape index (κ3) is 2.86. The lowest BCUT2D eigenvalue weighted by Crippen LogP contribution is -2.20. The summed E-state index contributed by atoms with van der Waals surface area (Å²) in [6, 6.07) is 9.77. The molecule has 1 aromatic carbocycles. The maximum absolute atomic E-state index is 6.13. The molecule has 1 aromatic heterocycles. The molecule has 0 fully saturated rings. The number of anilines is 2. The Balaban J connectivity index is 1.85. The molecule has 110 valence electrons. The summed E-state index contributed by atoms with van der Waals surface area (Å²) >= 11 is 0. The Morgan fingerprint density at radius 2 is 1.90 bits per heavy atom. The average Bonchev–Trinajstić information content (AvgIpc) is 2.46. The number of nitrogens with zero attached hydrogens (tertiary/aromatic N) is 2. The summed E-state index contributed by atoms with van der Waals surface area (Å²) in [6.45, 7) is 3.81. The van der Waals surface area contributed by atoms with Gasteiger partial charge in [-0.3, -0.25) is 4.98 Å². The molecule has 0 saturated carbocycles. The van der Waals surface area contributed by atoms with Gasteiger partial charge in [0.05, 0.1) is 23.6 Å². The van der Waals surface area contributed by atoms with Crippen molar-refractivity contribution in [3.05, 3.63) is 41.7 Å². The van der Waals surface area contributed by atoms with Gasteiger partial charge in [-0.1, -0.05) is 6.07 Å². The summed E-state index contributed by atoms with van der Waals surface area (Å²) in [7, 11) is 1.99. The highest BCUT2D eigenvalue weighted by Crippen LogP contribution is 2.38. The second kappa shape index (κ2) is 5.52. The molecule has 1 aliphatic heterocycles. The standard InChI is InChI=1S/C16H19N3O2/c1-11-4-3-5-12(18-11)10-19(2)14-9-16-15(8-13(14)17)20-6-7-21-16/h3-5,8-9H,6-7,10,17H2,1-2H3. The third-order valence-electron chi connectivity index (χ3n) is 3.45. The molecule has 2 heterocycles. The Hall–Kier alpha value is -2.43. The number of ether oxygens (including phenoxy) is 2. The normalized spacial score (nSPS) is 13.0. The van der Waals surface area contributed by atoms with Crippen LogP contribution in [0.15, 0.2) is 30.3 Å². The van der Waals surface area contributed by atoms with E-state index in [1.807, 2.05) is 44.3 Å². The van der Waals surface area contributed by atoms with E-state index in [0.717, 1.165) is 22.8 Å². The van der Waals surface area contributed by atoms with E-state index in [1.54, 1.807) is 0 Å². The predicted octanol–water partition coefficient (Wildman–Crippen LogP) is 2.38. The van der Waals surface area contributed by atoms with E-state index in [9.17, 15) is 0 Å². The van der Waals surface area contributed by atoms with Crippen molar-refractivity contribution in [2.45, 2.75) is 13.5 Å². The van der Waals surface area contributed by atoms with Crippen molar-refractivity contribution in [3.63, 3.8) is 0 Å². The van der Waals surface area contributed by atoms with Gasteiger partial charge in [0.2, 0.25) is 0 Å². The van der Waals surface area contributed by atoms with Crippen molar-refractivity contribution in [1.82, 2.24) is 4.98 Å². The van der Waals surface area contributed by atoms with Crippen molar-refractivity contribution in [3.8, 4) is 11.5 Å². The van der Waals surface area contributed by atoms with Crippen molar-refractivity contribution in [1.29, 1.82) is 0 Å². The van der Waals surface area contributed by atoms with Crippen LogP contribution in [-0.2, 0) is 6.54 Å². The fourth-order valence-corrected chi connectivity index (χ4v) is 2.44. The number of nitrogen functional groups attached to an aromatic ring is 1. The first-order chi connectivity index (χ1) is 10.1. The van der Waals surface area contributed by atoms with Gasteiger partial charge < -0.3 is 20.1 Å². The van der Waals surface area contributed by atoms with E-state index in [-0.39, 0.29) is 0 Å². The number of hydrogen-bond donors (Lipinski definition) is 1. The first-order valence-corrected chi connectivity index (χ1v) is 6.96. The van der Waals surface area contributed by atoms with E-state index in [1.165, 1.54) is 0 Å². The second-order valence-electron chi connectivity index (χ2n) is 5.18. The highest BCUT2D eigenvalue weighted by atomic mass is 16.6. The largest absolute Gasteiger partial charge is 0.486 e. The van der Waals surface area contributed by atoms with Gasteiger partial charge in [0.15, 0.2) is 11.5 Å². The van der Waals surface area contributed by atoms with Crippen LogP contribution in [0.3, 0.4) is 0 Å². The molecule has 0 unspecified atom stereocenters. The highest BCUT2D eigenvalue weighted by Gasteiger charge is 2.16. The number of hydrogen-bond acceptors (Lipinski definition) is 5. The van der Waals surface area contributed by atoms with Gasteiger partial charge in [-0.2, -0.15) is 0 Å². The summed E-state index contributed by atoms with van der Waals surface area (Å²) < 4.78 is 11.2. The Kier molecular flexibility index (Phi) is 3.56. The molecule has 21 heavy (non-hydrogen) atoms. The molecular formula is C16H19N3O2. The molecule has 0 amide bonds. The Morgan fingerprint density at radius 1 is 1.19 bits per heavy atom. The summed E-state index contributed by atoms with van der Waals surface area (Å²) in [6.07, 6.45) is 0. The van der Waals surface area contributed by atoms with Crippen LogP contribution < -0.4 is 20.1 Å². The number of aromatic nitrogens is 1. The third-order valence-corrected chi connectivity index (χ3v) is 3.45. The molecule has 5 nitrogen and oxygen atoms in total. The number of benzene rings is 1. The van der Waals surface area contributed by atoms with Crippen molar-refractivity contribution in [2.24, 2.45) is 0 Å². The van der Waals surface area contributed by atoms with Crippen LogP contribution in [0.5, 0.6) is 11.5 Å². The lowest BCUT2D eigenvalue weighted by Gasteiger charge is -2.25. The minimum Gasteiger partial charge on any atom is -0.486 e. The van der Waals surface area contributed by atoms with Gasteiger partial charge in [0.25, 0.3) is 0 Å². The summed E-state index contributed by atoms with van der Waals surface area (Å²) in [5, 5.41) is 0. The molecule has 0 bridgehead atoms. The van der Waals surface area contributed by atoms with Crippen LogP contribution in [0, 0.1) is 6.92 Å². The Morgan fingerprint density at radius 3 is 2.62 bits per heavy atom. The molecule has 1 aliphatic rings. The van der Waals surface area contributed by atoms with Gasteiger partial charge in [0.1, 0.15) is 13.2 Å². The monoisotopic (exact) mass is 285 g/mol. The number of fused-ring (bicyclic) bond motifs is 1. The van der Waals surface area contributed by atoms with Gasteiger partial charge in [-0.25, -0.2) is 0 Å². The maximum Gasteiger partial charge on any atom is 0.163 e. The number of nitrogens with two attached hydrogens (primary N) is 1. The van der Waals surface area contributed by atoms with E-state index < -0.39 is 0 Å². The lowest BCUT2D eigenvalue weighted by atomic mass is 10.2. The summed E-state index contributed by atoms with van der Waals surface area (Å²) in [4.78, 5) is 6.58. The zero-order valence-corrected chi connectivity index (χ0v) is 12.3. The fraction of sp³-hybridized carbons (Fsp3) is 0.312. The minimum atomic E-state index is 0.564. The van der Waals surface area contributed by atoms with E-state index in [2.05, 4.69) is 9.88 Å². The van der Waals surface area contributed by atoms with Crippen LogP contribution >= 0.6 is 0 Å². The molecule has 3 rings (SSSR count). The zero-order chi connectivity index (χ0) is 14.8. The Labute approximate surface area is 124 Å². The van der Waals surface area contributed by atoms with Gasteiger partial charge in [-0.05, 0) is 19.1 Å². The van der Waals surface area contributed by atoms with Crippen LogP contribution in [0.2, 0.25) is 0 Å². The molecule has 0 atom stereocenters. The first-order valence-electron chi connectivity index (χ1n) is 6.96. The second-order valence-corrected chi connectivity index (χ2v) is 5.18. The molecule has 0 aliphatic carbocycles. The van der Waals surface area contributed by atoms with Gasteiger partial charge in [0, 0.05) is 24.9 Å². The van der Waals surface area contributed by atoms with Crippen molar-refractivity contribution >= 4 is 11.4 Å². The van der Waals surface area contributed by atoms with Crippen molar-refractivity contribution in [2.75, 3.05) is 30.9 Å². The first kappa shape index (κ1) is 13.5. The summed E-state index contributed by atoms with van der Waals surface area (Å²) in [5.41, 5.74) is 9.74. The smallest absolute Gasteiger partial charge is 0.163 e. The number of pyridine rings is 1. The zero-order valence-electron chi connectivity index (χ0n) is 12.3. The van der Waals surface area contributed by atoms with E-state index in [4.69, 9.17) is 15.2 Å². The molecule has 2 aromatic rings. The molecule has 2 N–H and O–H groups in total. The van der Waals surface area contributed by atoms with E-state index in [0.29, 0.717) is 31.2 Å². The molecule has 0 radical (unpaired) electrons. The fourth-order valence-electron chi connectivity index (χ4n) is 2.44. The molecular weight excluding hydrogens is 266 g/mol. The van der Waals surface area contributed by atoms with Crippen LogP contribution in [0.25, 0.3) is 0 Å². The van der Waals surface area contributed by atoms with Crippen molar-refractivity contribution < 1.29 is 9.47 Å². The molecule has 5 heteroatoms. The quantitative estimate of drug-likeness (QED) is 0.877. The van der Waals surface area contributed by atoms with Gasteiger partial charge >= 0.3 is 0 Å². The van der Waals surface area contributed by atoms with Crippen LogP contribution in [0.4, 0.5) is 11.4 Å². The average molecular weight is 285 g/mol. The number of aryl methyl sites for hydroxylation is 1. The summed E-state index contributed by atoms with van der Waals surface area (Å²) in [5.74, 6) is 1.46. The Bertz CT molecular complexity index is 658. The predicted molar refractivity (Wildman–Crippen MR) is 82.9 cm³/mol. The molecule has 0 spiro atoms. The molecule has 0 saturated heterocycles. The van der Waals surface area contributed by atoms with Crippen LogP contribution in [-0.4, -0.2) is 25.2 Å². The highest BCUT2D eigenvalue weighted by molar-refractivity contribution is 5.73. The SMILES string of the molecule is Cc1cccc(CN(C)c2cc3c(cc2N)OCCO3)n1. The maximum atomic E-state index is 6.13. The van der Waals surface area contributed by atoms with Gasteiger partial charge in [-0.15, -0.1) is 0 Å². The lowest BCUT2D eigenvalue weighted by molar-refractivity contribution is 0.172. The number of rotatable bonds is 3. The van der Waals surface area contributed by atoms with Crippen LogP contribution in [0.1, 0.15) is 11.4 Å².